The van der Waals surface area contributed by atoms with Gasteiger partial charge in [0.15, 0.2) is 6.17 Å². The van der Waals surface area contributed by atoms with Crippen LogP contribution in [0.4, 0.5) is 0 Å². The lowest BCUT2D eigenvalue weighted by molar-refractivity contribution is -0.159. The fraction of sp³-hybridized carbons (Fsp3) is 0.786. The molecule has 1 aliphatic heterocycles. The number of hydroxylamine groups is 2. The molecule has 2 atom stereocenters. The zero-order valence-corrected chi connectivity index (χ0v) is 11.0. The van der Waals surface area contributed by atoms with E-state index in [2.05, 4.69) is 6.92 Å². The standard InChI is InChI=1S/C14H22N2O2/c1-14-9-5-4-8-12(14)15-13(16(14)18)10-6-2-3-7-11(10)17/h13,17-18H,2-9H2,1H3. The highest BCUT2D eigenvalue weighted by Crippen LogP contribution is 2.41. The van der Waals surface area contributed by atoms with Gasteiger partial charge in [-0.05, 0) is 45.4 Å². The van der Waals surface area contributed by atoms with Gasteiger partial charge in [0.2, 0.25) is 0 Å². The van der Waals surface area contributed by atoms with Crippen molar-refractivity contribution in [1.82, 2.24) is 5.06 Å². The molecule has 1 fully saturated rings. The Morgan fingerprint density at radius 2 is 1.89 bits per heavy atom. The molecule has 0 radical (unpaired) electrons. The van der Waals surface area contributed by atoms with Crippen molar-refractivity contribution in [3.63, 3.8) is 0 Å². The van der Waals surface area contributed by atoms with E-state index in [1.165, 1.54) is 11.5 Å². The molecule has 4 heteroatoms. The van der Waals surface area contributed by atoms with Crippen molar-refractivity contribution >= 4 is 5.71 Å². The van der Waals surface area contributed by atoms with Gasteiger partial charge in [0.1, 0.15) is 0 Å². The summed E-state index contributed by atoms with van der Waals surface area (Å²) in [6.45, 7) is 2.07. The minimum atomic E-state index is -0.330. The lowest BCUT2D eigenvalue weighted by Gasteiger charge is -2.37. The molecule has 0 amide bonds. The molecule has 100 valence electrons. The highest BCUT2D eigenvalue weighted by Gasteiger charge is 2.48. The SMILES string of the molecule is CC12CCCCC1=NC(C1=C(O)CCCC1)N2O. The van der Waals surface area contributed by atoms with Gasteiger partial charge in [0, 0.05) is 17.7 Å². The maximum Gasteiger partial charge on any atom is 0.150 e. The van der Waals surface area contributed by atoms with Gasteiger partial charge in [-0.15, -0.1) is 0 Å². The van der Waals surface area contributed by atoms with E-state index in [1.807, 2.05) is 0 Å². The molecule has 2 aliphatic carbocycles. The Bertz CT molecular complexity index is 416. The van der Waals surface area contributed by atoms with Crippen molar-refractivity contribution in [2.24, 2.45) is 4.99 Å². The summed E-state index contributed by atoms with van der Waals surface area (Å²) in [6.07, 6.45) is 7.66. The van der Waals surface area contributed by atoms with E-state index in [-0.39, 0.29) is 11.7 Å². The summed E-state index contributed by atoms with van der Waals surface area (Å²) in [7, 11) is 0. The molecule has 2 unspecified atom stereocenters. The van der Waals surface area contributed by atoms with Gasteiger partial charge in [-0.3, -0.25) is 4.99 Å². The van der Waals surface area contributed by atoms with Crippen molar-refractivity contribution in [2.45, 2.75) is 70.0 Å². The third-order valence-electron chi connectivity index (χ3n) is 4.76. The number of aliphatic hydroxyl groups is 1. The molecule has 1 saturated carbocycles. The van der Waals surface area contributed by atoms with E-state index in [1.54, 1.807) is 0 Å². The second kappa shape index (κ2) is 4.35. The quantitative estimate of drug-likeness (QED) is 0.751. The van der Waals surface area contributed by atoms with Crippen molar-refractivity contribution in [1.29, 1.82) is 0 Å². The number of nitrogens with zero attached hydrogens (tertiary/aromatic N) is 2. The highest BCUT2D eigenvalue weighted by molar-refractivity contribution is 5.95. The number of rotatable bonds is 1. The van der Waals surface area contributed by atoms with Crippen molar-refractivity contribution in [2.75, 3.05) is 0 Å². The summed E-state index contributed by atoms with van der Waals surface area (Å²) >= 11 is 0. The van der Waals surface area contributed by atoms with Crippen LogP contribution in [-0.4, -0.2) is 32.8 Å². The smallest absolute Gasteiger partial charge is 0.150 e. The summed E-state index contributed by atoms with van der Waals surface area (Å²) in [5, 5.41) is 21.9. The van der Waals surface area contributed by atoms with Crippen LogP contribution in [0.2, 0.25) is 0 Å². The Morgan fingerprint density at radius 3 is 2.61 bits per heavy atom. The molecule has 0 aromatic rings. The van der Waals surface area contributed by atoms with Crippen LogP contribution in [0.5, 0.6) is 0 Å². The first-order valence-electron chi connectivity index (χ1n) is 7.09. The molecule has 0 saturated heterocycles. The molecule has 0 bridgehead atoms. The van der Waals surface area contributed by atoms with Crippen LogP contribution in [0.25, 0.3) is 0 Å². The molecule has 3 rings (SSSR count). The van der Waals surface area contributed by atoms with E-state index in [0.717, 1.165) is 56.2 Å². The maximum atomic E-state index is 10.5. The van der Waals surface area contributed by atoms with E-state index >= 15 is 0 Å². The van der Waals surface area contributed by atoms with Crippen molar-refractivity contribution < 1.29 is 10.3 Å². The topological polar surface area (TPSA) is 56.1 Å². The van der Waals surface area contributed by atoms with Crippen LogP contribution >= 0.6 is 0 Å². The fourth-order valence-corrected chi connectivity index (χ4v) is 3.51. The van der Waals surface area contributed by atoms with Crippen LogP contribution in [0.15, 0.2) is 16.3 Å². The van der Waals surface area contributed by atoms with Crippen LogP contribution in [0.3, 0.4) is 0 Å². The first-order chi connectivity index (χ1) is 8.63. The van der Waals surface area contributed by atoms with Gasteiger partial charge in [-0.2, -0.15) is 5.06 Å². The average Bonchev–Trinajstić information content (AvgIpc) is 2.63. The normalized spacial score (nSPS) is 37.7. The van der Waals surface area contributed by atoms with Gasteiger partial charge in [0.05, 0.1) is 11.3 Å². The molecule has 4 nitrogen and oxygen atoms in total. The first kappa shape index (κ1) is 12.2. The zero-order chi connectivity index (χ0) is 12.8. The van der Waals surface area contributed by atoms with Crippen molar-refractivity contribution in [3.8, 4) is 0 Å². The minimum absolute atomic E-state index is 0.298. The van der Waals surface area contributed by atoms with Gasteiger partial charge >= 0.3 is 0 Å². The number of hydrogen-bond acceptors (Lipinski definition) is 4. The molecule has 3 aliphatic rings. The van der Waals surface area contributed by atoms with E-state index < -0.39 is 0 Å². The number of fused-ring (bicyclic) bond motifs is 1. The summed E-state index contributed by atoms with van der Waals surface area (Å²) in [5.74, 6) is 0.455. The van der Waals surface area contributed by atoms with E-state index in [4.69, 9.17) is 4.99 Å². The molecular weight excluding hydrogens is 228 g/mol. The third-order valence-corrected chi connectivity index (χ3v) is 4.76. The number of aliphatic hydroxyl groups excluding tert-OH is 1. The molecule has 2 N–H and O–H groups in total. The zero-order valence-electron chi connectivity index (χ0n) is 11.0. The van der Waals surface area contributed by atoms with Gasteiger partial charge in [-0.1, -0.05) is 6.42 Å². The second-order valence-electron chi connectivity index (χ2n) is 5.95. The molecule has 1 heterocycles. The average molecular weight is 250 g/mol. The van der Waals surface area contributed by atoms with Crippen LogP contribution in [-0.2, 0) is 0 Å². The summed E-state index contributed by atoms with van der Waals surface area (Å²) in [4.78, 5) is 4.71. The summed E-state index contributed by atoms with van der Waals surface area (Å²) < 4.78 is 0. The lowest BCUT2D eigenvalue weighted by atomic mass is 9.82. The minimum Gasteiger partial charge on any atom is -0.512 e. The second-order valence-corrected chi connectivity index (χ2v) is 5.95. The van der Waals surface area contributed by atoms with Gasteiger partial charge in [-0.25, -0.2) is 0 Å². The number of allylic oxidation sites excluding steroid dienone is 1. The number of aliphatic imine (C=N–C) groups is 1. The largest absolute Gasteiger partial charge is 0.512 e. The van der Waals surface area contributed by atoms with Gasteiger partial charge in [0.25, 0.3) is 0 Å². The monoisotopic (exact) mass is 250 g/mol. The van der Waals surface area contributed by atoms with Crippen LogP contribution < -0.4 is 0 Å². The van der Waals surface area contributed by atoms with Crippen molar-refractivity contribution in [3.05, 3.63) is 11.3 Å². The Morgan fingerprint density at radius 1 is 1.17 bits per heavy atom. The molecule has 0 aromatic heterocycles. The Kier molecular flexibility index (Phi) is 2.94. The predicted molar refractivity (Wildman–Crippen MR) is 69.8 cm³/mol. The summed E-state index contributed by atoms with van der Waals surface area (Å²) in [6, 6.07) is 0. The molecular formula is C14H22N2O2. The maximum absolute atomic E-state index is 10.5. The highest BCUT2D eigenvalue weighted by atomic mass is 16.5. The predicted octanol–water partition coefficient (Wildman–Crippen LogP) is 3.18. The summed E-state index contributed by atoms with van der Waals surface area (Å²) in [5.41, 5.74) is 1.76. The molecule has 0 aromatic carbocycles. The Hall–Kier alpha value is -0.870. The number of hydrogen-bond donors (Lipinski definition) is 2. The van der Waals surface area contributed by atoms with Gasteiger partial charge < -0.3 is 10.3 Å². The van der Waals surface area contributed by atoms with E-state index in [0.29, 0.717) is 5.76 Å². The Balaban J connectivity index is 1.93. The third kappa shape index (κ3) is 1.70. The lowest BCUT2D eigenvalue weighted by Crippen LogP contribution is -2.50. The fourth-order valence-electron chi connectivity index (χ4n) is 3.51. The van der Waals surface area contributed by atoms with E-state index in [9.17, 15) is 10.3 Å². The van der Waals surface area contributed by atoms with Crippen LogP contribution in [0.1, 0.15) is 58.3 Å². The van der Waals surface area contributed by atoms with Crippen LogP contribution in [0, 0.1) is 0 Å². The Labute approximate surface area is 108 Å². The molecule has 18 heavy (non-hydrogen) atoms. The first-order valence-corrected chi connectivity index (χ1v) is 7.09. The molecule has 0 spiro atoms.